The van der Waals surface area contributed by atoms with E-state index >= 15 is 0 Å². The van der Waals surface area contributed by atoms with E-state index in [4.69, 9.17) is 21.1 Å². The average Bonchev–Trinajstić information content (AvgIpc) is 2.78. The number of carbonyl (C=O) groups is 2. The number of ether oxygens (including phenoxy) is 2. The van der Waals surface area contributed by atoms with E-state index in [1.807, 2.05) is 30.3 Å². The van der Waals surface area contributed by atoms with Crippen molar-refractivity contribution < 1.29 is 19.1 Å². The summed E-state index contributed by atoms with van der Waals surface area (Å²) in [6, 6.07) is 18.1. The number of fused-ring (bicyclic) bond motifs is 1. The minimum absolute atomic E-state index is 0.0954. The summed E-state index contributed by atoms with van der Waals surface area (Å²) in [5, 5.41) is 2.55. The van der Waals surface area contributed by atoms with E-state index < -0.39 is 0 Å². The number of benzene rings is 3. The SMILES string of the molecule is COc1ccc2ccc(OC(=O)C3CCCN(C(=O)c4ccc(Cl)cc4)C3)cc2c1. The van der Waals surface area contributed by atoms with Crippen molar-refractivity contribution in [1.82, 2.24) is 4.90 Å². The number of nitrogens with zero attached hydrogens (tertiary/aromatic N) is 1. The molecule has 30 heavy (non-hydrogen) atoms. The van der Waals surface area contributed by atoms with Crippen molar-refractivity contribution in [3.63, 3.8) is 0 Å². The van der Waals surface area contributed by atoms with Crippen molar-refractivity contribution in [3.8, 4) is 11.5 Å². The molecule has 0 bridgehead atoms. The summed E-state index contributed by atoms with van der Waals surface area (Å²) in [5.41, 5.74) is 0.567. The molecule has 3 aromatic carbocycles. The molecule has 1 heterocycles. The van der Waals surface area contributed by atoms with Crippen LogP contribution in [0, 0.1) is 5.92 Å². The van der Waals surface area contributed by atoms with Gasteiger partial charge in [-0.3, -0.25) is 9.59 Å². The van der Waals surface area contributed by atoms with E-state index in [-0.39, 0.29) is 17.8 Å². The highest BCUT2D eigenvalue weighted by Gasteiger charge is 2.30. The lowest BCUT2D eigenvalue weighted by Gasteiger charge is -2.31. The summed E-state index contributed by atoms with van der Waals surface area (Å²) in [5.74, 6) is 0.473. The summed E-state index contributed by atoms with van der Waals surface area (Å²) in [4.78, 5) is 27.2. The van der Waals surface area contributed by atoms with Crippen LogP contribution >= 0.6 is 11.6 Å². The summed E-state index contributed by atoms with van der Waals surface area (Å²) < 4.78 is 10.9. The predicted octanol–water partition coefficient (Wildman–Crippen LogP) is 4.96. The molecule has 4 rings (SSSR count). The Bertz CT molecular complexity index is 1080. The maximum Gasteiger partial charge on any atom is 0.316 e. The molecule has 1 unspecified atom stereocenters. The first-order valence-electron chi connectivity index (χ1n) is 9.88. The van der Waals surface area contributed by atoms with Gasteiger partial charge in [0.15, 0.2) is 0 Å². The van der Waals surface area contributed by atoms with E-state index in [0.29, 0.717) is 35.8 Å². The predicted molar refractivity (Wildman–Crippen MR) is 116 cm³/mol. The molecule has 1 aliphatic heterocycles. The molecule has 154 valence electrons. The van der Waals surface area contributed by atoms with Gasteiger partial charge in [-0.25, -0.2) is 0 Å². The van der Waals surface area contributed by atoms with Crippen molar-refractivity contribution in [3.05, 3.63) is 71.2 Å². The Morgan fingerprint density at radius 1 is 0.967 bits per heavy atom. The van der Waals surface area contributed by atoms with E-state index in [0.717, 1.165) is 22.9 Å². The summed E-state index contributed by atoms with van der Waals surface area (Å²) in [6.45, 7) is 0.975. The zero-order chi connectivity index (χ0) is 21.1. The van der Waals surface area contributed by atoms with Crippen LogP contribution in [0.1, 0.15) is 23.2 Å². The molecule has 3 aromatic rings. The molecule has 1 atom stereocenters. The van der Waals surface area contributed by atoms with Crippen LogP contribution in [-0.2, 0) is 4.79 Å². The highest BCUT2D eigenvalue weighted by atomic mass is 35.5. The lowest BCUT2D eigenvalue weighted by molar-refractivity contribution is -0.140. The van der Waals surface area contributed by atoms with E-state index in [2.05, 4.69) is 0 Å². The molecule has 0 aliphatic carbocycles. The molecular formula is C24H22ClNO4. The second-order valence-electron chi connectivity index (χ2n) is 7.39. The minimum atomic E-state index is -0.351. The fraction of sp³-hybridized carbons (Fsp3) is 0.250. The maximum absolute atomic E-state index is 12.8. The van der Waals surface area contributed by atoms with Crippen LogP contribution in [0.2, 0.25) is 5.02 Å². The lowest BCUT2D eigenvalue weighted by Crippen LogP contribution is -2.43. The highest BCUT2D eigenvalue weighted by Crippen LogP contribution is 2.27. The van der Waals surface area contributed by atoms with Crippen LogP contribution < -0.4 is 9.47 Å². The number of rotatable bonds is 4. The Labute approximate surface area is 180 Å². The third kappa shape index (κ3) is 4.41. The summed E-state index contributed by atoms with van der Waals surface area (Å²) in [7, 11) is 1.62. The molecular weight excluding hydrogens is 402 g/mol. The summed E-state index contributed by atoms with van der Waals surface area (Å²) >= 11 is 5.90. The number of halogens is 1. The van der Waals surface area contributed by atoms with Gasteiger partial charge in [0.2, 0.25) is 0 Å². The fourth-order valence-corrected chi connectivity index (χ4v) is 3.85. The molecule has 0 aromatic heterocycles. The van der Waals surface area contributed by atoms with Gasteiger partial charge < -0.3 is 14.4 Å². The lowest BCUT2D eigenvalue weighted by atomic mass is 9.97. The Balaban J connectivity index is 1.44. The largest absolute Gasteiger partial charge is 0.497 e. The molecule has 5 nitrogen and oxygen atoms in total. The number of esters is 1. The standard InChI is InChI=1S/C24H22ClNO4/c1-29-21-10-6-16-7-11-22(14-19(16)13-21)30-24(28)18-3-2-12-26(15-18)23(27)17-4-8-20(25)9-5-17/h4-11,13-14,18H,2-3,12,15H2,1H3. The van der Waals surface area contributed by atoms with Crippen molar-refractivity contribution >= 4 is 34.2 Å². The Hall–Kier alpha value is -3.05. The second-order valence-corrected chi connectivity index (χ2v) is 7.83. The molecule has 6 heteroatoms. The van der Waals surface area contributed by atoms with Crippen molar-refractivity contribution in [2.24, 2.45) is 5.92 Å². The first-order valence-corrected chi connectivity index (χ1v) is 10.3. The molecule has 1 aliphatic rings. The molecule has 1 amide bonds. The monoisotopic (exact) mass is 423 g/mol. The molecule has 0 radical (unpaired) electrons. The van der Waals surface area contributed by atoms with Crippen LogP contribution in [-0.4, -0.2) is 37.0 Å². The third-order valence-electron chi connectivity index (χ3n) is 5.37. The first-order chi connectivity index (χ1) is 14.5. The normalized spacial score (nSPS) is 16.3. The number of amides is 1. The number of methoxy groups -OCH3 is 1. The number of hydrogen-bond donors (Lipinski definition) is 0. The average molecular weight is 424 g/mol. The quantitative estimate of drug-likeness (QED) is 0.439. The Morgan fingerprint density at radius 3 is 2.40 bits per heavy atom. The number of carbonyl (C=O) groups excluding carboxylic acids is 2. The van der Waals surface area contributed by atoms with Crippen LogP contribution in [0.15, 0.2) is 60.7 Å². The third-order valence-corrected chi connectivity index (χ3v) is 5.62. The van der Waals surface area contributed by atoms with Crippen LogP contribution in [0.25, 0.3) is 10.8 Å². The topological polar surface area (TPSA) is 55.8 Å². The van der Waals surface area contributed by atoms with Gasteiger partial charge >= 0.3 is 5.97 Å². The first kappa shape index (κ1) is 20.2. The van der Waals surface area contributed by atoms with Gasteiger partial charge in [0.25, 0.3) is 5.91 Å². The van der Waals surface area contributed by atoms with Gasteiger partial charge in [-0.15, -0.1) is 0 Å². The molecule has 0 saturated carbocycles. The maximum atomic E-state index is 12.8. The minimum Gasteiger partial charge on any atom is -0.497 e. The smallest absolute Gasteiger partial charge is 0.316 e. The zero-order valence-electron chi connectivity index (χ0n) is 16.6. The Morgan fingerprint density at radius 2 is 1.67 bits per heavy atom. The molecule has 0 N–H and O–H groups in total. The van der Waals surface area contributed by atoms with Crippen LogP contribution in [0.3, 0.4) is 0 Å². The van der Waals surface area contributed by atoms with Gasteiger partial charge in [0.05, 0.1) is 13.0 Å². The number of piperidine rings is 1. The van der Waals surface area contributed by atoms with Gasteiger partial charge in [-0.05, 0) is 72.1 Å². The Kier molecular flexibility index (Phi) is 5.91. The summed E-state index contributed by atoms with van der Waals surface area (Å²) in [6.07, 6.45) is 1.46. The molecule has 1 saturated heterocycles. The zero-order valence-corrected chi connectivity index (χ0v) is 17.4. The number of hydrogen-bond acceptors (Lipinski definition) is 4. The highest BCUT2D eigenvalue weighted by molar-refractivity contribution is 6.30. The molecule has 1 fully saturated rings. The van der Waals surface area contributed by atoms with Crippen LogP contribution in [0.5, 0.6) is 11.5 Å². The van der Waals surface area contributed by atoms with E-state index in [1.54, 1.807) is 42.3 Å². The van der Waals surface area contributed by atoms with E-state index in [1.165, 1.54) is 0 Å². The van der Waals surface area contributed by atoms with Gasteiger partial charge in [0.1, 0.15) is 11.5 Å². The van der Waals surface area contributed by atoms with Gasteiger partial charge in [-0.1, -0.05) is 23.7 Å². The number of likely N-dealkylation sites (tertiary alicyclic amines) is 1. The fourth-order valence-electron chi connectivity index (χ4n) is 3.72. The van der Waals surface area contributed by atoms with E-state index in [9.17, 15) is 9.59 Å². The van der Waals surface area contributed by atoms with Gasteiger partial charge in [0, 0.05) is 23.7 Å². The molecule has 0 spiro atoms. The van der Waals surface area contributed by atoms with Crippen molar-refractivity contribution in [1.29, 1.82) is 0 Å². The van der Waals surface area contributed by atoms with Crippen molar-refractivity contribution in [2.45, 2.75) is 12.8 Å². The van der Waals surface area contributed by atoms with Crippen molar-refractivity contribution in [2.75, 3.05) is 20.2 Å². The van der Waals surface area contributed by atoms with Crippen LogP contribution in [0.4, 0.5) is 0 Å². The van der Waals surface area contributed by atoms with Gasteiger partial charge in [-0.2, -0.15) is 0 Å². The second kappa shape index (κ2) is 8.76.